The molecule has 6 atom stereocenters. The Hall–Kier alpha value is -2.91. The Morgan fingerprint density at radius 1 is 1.08 bits per heavy atom. The molecule has 39 heavy (non-hydrogen) atoms. The van der Waals surface area contributed by atoms with E-state index in [-0.39, 0.29) is 25.3 Å². The number of aliphatic hydroxyl groups excluding tert-OH is 1. The number of ether oxygens (including phenoxy) is 2. The van der Waals surface area contributed by atoms with Crippen molar-refractivity contribution in [2.24, 2.45) is 17.3 Å². The van der Waals surface area contributed by atoms with Gasteiger partial charge in [-0.15, -0.1) is 11.6 Å². The van der Waals surface area contributed by atoms with Crippen LogP contribution in [-0.4, -0.2) is 59.8 Å². The molecule has 10 heteroatoms. The monoisotopic (exact) mass is 564 g/mol. The summed E-state index contributed by atoms with van der Waals surface area (Å²) in [6, 6.07) is 8.19. The summed E-state index contributed by atoms with van der Waals surface area (Å²) in [6.07, 6.45) is -0.145. The fourth-order valence-corrected chi connectivity index (χ4v) is 4.37. The first-order valence-corrected chi connectivity index (χ1v) is 13.7. The molecule has 2 amide bonds. The molecule has 0 aromatic heterocycles. The molecule has 0 bridgehead atoms. The molecule has 1 aliphatic heterocycles. The minimum absolute atomic E-state index is 0.0000288. The number of esters is 2. The number of aliphatic hydroxyl groups is 1. The summed E-state index contributed by atoms with van der Waals surface area (Å²) < 4.78 is 11.5. The number of cyclic esters (lactones) is 2. The van der Waals surface area contributed by atoms with E-state index in [0.717, 1.165) is 0 Å². The Balaban J connectivity index is 2.40. The number of nitrogens with one attached hydrogen (secondary N) is 2. The lowest BCUT2D eigenvalue weighted by Gasteiger charge is -2.32. The molecule has 1 aromatic rings. The normalized spacial score (nSPS) is 26.4. The summed E-state index contributed by atoms with van der Waals surface area (Å²) in [6.45, 7) is 10.1. The lowest BCUT2D eigenvalue weighted by atomic mass is 9.90. The second-order valence-electron chi connectivity index (χ2n) is 11.1. The van der Waals surface area contributed by atoms with Crippen molar-refractivity contribution in [3.8, 4) is 0 Å². The molecule has 3 N–H and O–H groups in total. The Bertz CT molecular complexity index is 1030. The third-order valence-corrected chi connectivity index (χ3v) is 7.17. The van der Waals surface area contributed by atoms with Crippen LogP contribution in [0.2, 0.25) is 0 Å². The van der Waals surface area contributed by atoms with Crippen molar-refractivity contribution in [3.63, 3.8) is 0 Å². The van der Waals surface area contributed by atoms with Crippen molar-refractivity contribution < 1.29 is 33.8 Å². The molecule has 1 heterocycles. The summed E-state index contributed by atoms with van der Waals surface area (Å²) in [5.41, 5.74) is -0.454. The molecule has 0 aliphatic carbocycles. The maximum atomic E-state index is 13.3. The fourth-order valence-electron chi connectivity index (χ4n) is 3.99. The van der Waals surface area contributed by atoms with Gasteiger partial charge in [-0.2, -0.15) is 0 Å². The highest BCUT2D eigenvalue weighted by atomic mass is 35.5. The first kappa shape index (κ1) is 32.3. The number of hydrogen-bond donors (Lipinski definition) is 3. The molecule has 216 valence electrons. The van der Waals surface area contributed by atoms with E-state index in [4.69, 9.17) is 21.1 Å². The summed E-state index contributed by atoms with van der Waals surface area (Å²) in [5, 5.41) is 15.5. The van der Waals surface area contributed by atoms with Crippen LogP contribution >= 0.6 is 11.6 Å². The Morgan fingerprint density at radius 2 is 1.72 bits per heavy atom. The van der Waals surface area contributed by atoms with Crippen LogP contribution in [0.4, 0.5) is 0 Å². The molecular formula is C29H41ClN2O7. The Kier molecular flexibility index (Phi) is 12.0. The van der Waals surface area contributed by atoms with E-state index in [1.54, 1.807) is 32.9 Å². The highest BCUT2D eigenvalue weighted by molar-refractivity contribution is 6.21. The molecule has 9 nitrogen and oxygen atoms in total. The zero-order valence-corrected chi connectivity index (χ0v) is 24.2. The molecule has 0 spiro atoms. The third kappa shape index (κ3) is 9.65. The SMILES string of the molecule is CC(C)C[C@@H]1OC(=O)C(C)(C)CNC(=O)C(C)NC(=O)/C=C/C[C@@H]([C@H](C)[C@H](O)[C@H](Cl)c2ccccc2)OC1=O. The van der Waals surface area contributed by atoms with Crippen LogP contribution in [0.3, 0.4) is 0 Å². The Morgan fingerprint density at radius 3 is 2.33 bits per heavy atom. The topological polar surface area (TPSA) is 131 Å². The van der Waals surface area contributed by atoms with Crippen molar-refractivity contribution in [3.05, 3.63) is 48.0 Å². The van der Waals surface area contributed by atoms with Gasteiger partial charge in [0.05, 0.1) is 16.9 Å². The Labute approximate surface area is 235 Å². The van der Waals surface area contributed by atoms with Gasteiger partial charge >= 0.3 is 11.9 Å². The van der Waals surface area contributed by atoms with Gasteiger partial charge in [0.15, 0.2) is 6.10 Å². The third-order valence-electron chi connectivity index (χ3n) is 6.65. The molecule has 0 saturated heterocycles. The second kappa shape index (κ2) is 14.5. The molecule has 1 unspecified atom stereocenters. The number of hydrogen-bond acceptors (Lipinski definition) is 7. The zero-order chi connectivity index (χ0) is 29.3. The van der Waals surface area contributed by atoms with Crippen LogP contribution in [0.25, 0.3) is 0 Å². The van der Waals surface area contributed by atoms with Gasteiger partial charge in [0.25, 0.3) is 0 Å². The highest BCUT2D eigenvalue weighted by Gasteiger charge is 2.38. The summed E-state index contributed by atoms with van der Waals surface area (Å²) in [5.74, 6) is -3.07. The van der Waals surface area contributed by atoms with E-state index in [1.807, 2.05) is 32.0 Å². The van der Waals surface area contributed by atoms with E-state index in [9.17, 15) is 24.3 Å². The van der Waals surface area contributed by atoms with Crippen molar-refractivity contribution in [2.75, 3.05) is 6.54 Å². The smallest absolute Gasteiger partial charge is 0.347 e. The van der Waals surface area contributed by atoms with Gasteiger partial charge in [-0.1, -0.05) is 57.2 Å². The van der Waals surface area contributed by atoms with Crippen LogP contribution in [0.15, 0.2) is 42.5 Å². The predicted octanol–water partition coefficient (Wildman–Crippen LogP) is 3.44. The lowest BCUT2D eigenvalue weighted by molar-refractivity contribution is -0.180. The van der Waals surface area contributed by atoms with E-state index in [0.29, 0.717) is 5.56 Å². The highest BCUT2D eigenvalue weighted by Crippen LogP contribution is 2.32. The van der Waals surface area contributed by atoms with Crippen molar-refractivity contribution in [1.82, 2.24) is 10.6 Å². The summed E-state index contributed by atoms with van der Waals surface area (Å²) in [4.78, 5) is 51.3. The number of amides is 2. The van der Waals surface area contributed by atoms with Gasteiger partial charge in [-0.05, 0) is 44.7 Å². The van der Waals surface area contributed by atoms with E-state index < -0.39 is 64.8 Å². The standard InChI is InChI=1S/C29H41ClN2O7/c1-17(2)15-22-27(36)38-21(18(3)25(34)24(30)20-11-8-7-9-12-20)13-10-14-23(33)32-19(4)26(35)31-16-29(5,6)28(37)39-22/h7-12,14,17-19,21-22,24-25,34H,13,15-16H2,1-6H3,(H,31,35)(H,32,33)/b14-10+/t18-,19?,21-,22-,24+,25-/m0/s1. The van der Waals surface area contributed by atoms with Crippen LogP contribution in [0.1, 0.15) is 65.3 Å². The molecule has 0 fully saturated rings. The lowest BCUT2D eigenvalue weighted by Crippen LogP contribution is -2.49. The van der Waals surface area contributed by atoms with Crippen LogP contribution in [0, 0.1) is 17.3 Å². The molecule has 1 aliphatic rings. The summed E-state index contributed by atoms with van der Waals surface area (Å²) >= 11 is 6.58. The minimum Gasteiger partial charge on any atom is -0.459 e. The number of carbonyl (C=O) groups is 4. The number of carbonyl (C=O) groups excluding carboxylic acids is 4. The first-order chi connectivity index (χ1) is 18.2. The van der Waals surface area contributed by atoms with Gasteiger partial charge in [0.1, 0.15) is 12.1 Å². The van der Waals surface area contributed by atoms with E-state index in [2.05, 4.69) is 10.6 Å². The molecular weight excluding hydrogens is 524 g/mol. The zero-order valence-electron chi connectivity index (χ0n) is 23.5. The maximum absolute atomic E-state index is 13.3. The molecule has 0 radical (unpaired) electrons. The maximum Gasteiger partial charge on any atom is 0.347 e. The molecule has 0 saturated carbocycles. The van der Waals surface area contributed by atoms with Crippen LogP contribution in [0.5, 0.6) is 0 Å². The second-order valence-corrected chi connectivity index (χ2v) is 11.6. The predicted molar refractivity (Wildman–Crippen MR) is 148 cm³/mol. The number of benzene rings is 1. The van der Waals surface area contributed by atoms with E-state index >= 15 is 0 Å². The van der Waals surface area contributed by atoms with Gasteiger partial charge in [0, 0.05) is 18.9 Å². The average molecular weight is 565 g/mol. The number of rotatable bonds is 6. The first-order valence-electron chi connectivity index (χ1n) is 13.3. The molecule has 1 aromatic carbocycles. The van der Waals surface area contributed by atoms with Gasteiger partial charge in [-0.3, -0.25) is 14.4 Å². The quantitative estimate of drug-likeness (QED) is 0.356. The van der Waals surface area contributed by atoms with Crippen LogP contribution < -0.4 is 10.6 Å². The molecule has 2 rings (SSSR count). The summed E-state index contributed by atoms with van der Waals surface area (Å²) in [7, 11) is 0. The fraction of sp³-hybridized carbons (Fsp3) is 0.586. The van der Waals surface area contributed by atoms with Crippen LogP contribution in [-0.2, 0) is 28.7 Å². The van der Waals surface area contributed by atoms with Gasteiger partial charge in [-0.25, -0.2) is 4.79 Å². The van der Waals surface area contributed by atoms with Gasteiger partial charge < -0.3 is 25.2 Å². The minimum atomic E-state index is -1.20. The van der Waals surface area contributed by atoms with Crippen molar-refractivity contribution >= 4 is 35.4 Å². The average Bonchev–Trinajstić information content (AvgIpc) is 2.88. The largest absolute Gasteiger partial charge is 0.459 e. The van der Waals surface area contributed by atoms with Crippen molar-refractivity contribution in [1.29, 1.82) is 0 Å². The van der Waals surface area contributed by atoms with E-state index in [1.165, 1.54) is 19.1 Å². The van der Waals surface area contributed by atoms with Crippen molar-refractivity contribution in [2.45, 2.75) is 84.1 Å². The van der Waals surface area contributed by atoms with Gasteiger partial charge in [0.2, 0.25) is 11.8 Å². The number of halogens is 1. The number of alkyl halides is 1.